The van der Waals surface area contributed by atoms with Gasteiger partial charge in [0.1, 0.15) is 30.5 Å². The molecule has 5 unspecified atom stereocenters. The fourth-order valence-corrected chi connectivity index (χ4v) is 4.24. The Morgan fingerprint density at radius 1 is 0.478 bits per heavy atom. The summed E-state index contributed by atoms with van der Waals surface area (Å²) in [4.78, 5) is 12.0. The van der Waals surface area contributed by atoms with Crippen LogP contribution in [0.1, 0.15) is 77.6 Å². The lowest BCUT2D eigenvalue weighted by molar-refractivity contribution is -0.145. The van der Waals surface area contributed by atoms with Crippen LogP contribution in [0.4, 0.5) is 0 Å². The number of rotatable bonds is 35. The molecule has 0 saturated carbocycles. The van der Waals surface area contributed by atoms with Gasteiger partial charge in [-0.15, -0.1) is 0 Å². The second-order valence-corrected chi connectivity index (χ2v) is 11.5. The topological polar surface area (TPSA) is 214 Å². The van der Waals surface area contributed by atoms with Crippen molar-refractivity contribution >= 4 is 5.97 Å². The molecule has 0 aliphatic carbocycles. The Morgan fingerprint density at radius 3 is 1.24 bits per heavy atom. The number of hydrogen-bond acceptors (Lipinski definition) is 14. The first-order valence-corrected chi connectivity index (χ1v) is 16.9. The van der Waals surface area contributed by atoms with Crippen molar-refractivity contribution in [3.8, 4) is 0 Å². The summed E-state index contributed by atoms with van der Waals surface area (Å²) in [5.41, 5.74) is 0. The third-order valence-corrected chi connectivity index (χ3v) is 7.39. The van der Waals surface area contributed by atoms with Crippen molar-refractivity contribution in [2.24, 2.45) is 5.92 Å². The molecule has 0 heterocycles. The highest BCUT2D eigenvalue weighted by Gasteiger charge is 2.20. The van der Waals surface area contributed by atoms with Gasteiger partial charge in [-0.1, -0.05) is 58.3 Å². The van der Waals surface area contributed by atoms with Gasteiger partial charge >= 0.3 is 5.97 Å². The lowest BCUT2D eigenvalue weighted by Gasteiger charge is -2.25. The minimum atomic E-state index is -0.799. The molecule has 46 heavy (non-hydrogen) atoms. The Kier molecular flexibility index (Phi) is 31.8. The third kappa shape index (κ3) is 25.1. The molecule has 0 aliphatic rings. The van der Waals surface area contributed by atoms with Crippen molar-refractivity contribution < 1.29 is 69.0 Å². The maximum absolute atomic E-state index is 12.0. The van der Waals surface area contributed by atoms with Gasteiger partial charge in [0.15, 0.2) is 0 Å². The van der Waals surface area contributed by atoms with Gasteiger partial charge in [0.2, 0.25) is 0 Å². The molecule has 0 rings (SSSR count). The molecule has 0 aromatic rings. The fraction of sp³-hybridized carbons (Fsp3) is 0.969. The molecule has 7 N–H and O–H groups in total. The number of ether oxygens (including phenoxy) is 6. The van der Waals surface area contributed by atoms with Crippen LogP contribution in [0.3, 0.4) is 0 Å². The number of carbonyl (C=O) groups excluding carboxylic acids is 1. The summed E-state index contributed by atoms with van der Waals surface area (Å²) in [5.74, 6) is -0.547. The van der Waals surface area contributed by atoms with Crippen molar-refractivity contribution in [2.45, 2.75) is 108 Å². The molecule has 0 fully saturated rings. The first-order chi connectivity index (χ1) is 22.4. The lowest BCUT2D eigenvalue weighted by atomic mass is 10.1. The van der Waals surface area contributed by atoms with Crippen molar-refractivity contribution in [1.29, 1.82) is 0 Å². The minimum absolute atomic E-state index is 0.0714. The largest absolute Gasteiger partial charge is 0.466 e. The average Bonchev–Trinajstić information content (AvgIpc) is 3.08. The van der Waals surface area contributed by atoms with Gasteiger partial charge in [-0.2, -0.15) is 0 Å². The van der Waals surface area contributed by atoms with Crippen molar-refractivity contribution in [1.82, 2.24) is 0 Å². The number of hydrogen-bond donors (Lipinski definition) is 7. The van der Waals surface area contributed by atoms with Crippen molar-refractivity contribution in [2.75, 3.05) is 85.9 Å². The number of carbonyl (C=O) groups is 1. The predicted octanol–water partition coefficient (Wildman–Crippen LogP) is 0.329. The zero-order valence-electron chi connectivity index (χ0n) is 27.9. The predicted molar refractivity (Wildman–Crippen MR) is 169 cm³/mol. The first-order valence-electron chi connectivity index (χ1n) is 16.9. The van der Waals surface area contributed by atoms with Crippen LogP contribution in [0.25, 0.3) is 0 Å². The Morgan fingerprint density at radius 2 is 0.848 bits per heavy atom. The number of aliphatic hydroxyl groups is 7. The van der Waals surface area contributed by atoms with Crippen LogP contribution in [0.2, 0.25) is 0 Å². The molecule has 0 radical (unpaired) electrons. The van der Waals surface area contributed by atoms with Crippen LogP contribution in [-0.4, -0.2) is 158 Å². The van der Waals surface area contributed by atoms with Crippen molar-refractivity contribution in [3.05, 3.63) is 0 Å². The summed E-state index contributed by atoms with van der Waals surface area (Å²) >= 11 is 0. The highest BCUT2D eigenvalue weighted by Crippen LogP contribution is 2.12. The standard InChI is InChI=1S/C32H64O14/c1-2-3-4-5-6-7-8-9-10-11-32(40)41-13-12-26(14-33)21-42-28(17-36)23-44-30(19-38)25-46-31(20-39)24-45-29(18-37)22-43-27(15-34)16-35/h26-31,33-39H,2-25H2,1H3. The van der Waals surface area contributed by atoms with Gasteiger partial charge in [0.05, 0.1) is 79.3 Å². The molecule has 276 valence electrons. The van der Waals surface area contributed by atoms with E-state index in [-0.39, 0.29) is 78.0 Å². The summed E-state index contributed by atoms with van der Waals surface area (Å²) in [5, 5.41) is 66.3. The van der Waals surface area contributed by atoms with E-state index in [0.717, 1.165) is 19.3 Å². The first kappa shape index (κ1) is 45.0. The summed E-state index contributed by atoms with van der Waals surface area (Å²) in [6.45, 7) is -0.421. The SMILES string of the molecule is CCCCCCCCCCCC(=O)OCCC(CO)COC(CO)COC(CO)COC(CO)COC(CO)COC(CO)CO. The van der Waals surface area contributed by atoms with Crippen LogP contribution in [-0.2, 0) is 33.2 Å². The molecule has 14 nitrogen and oxygen atoms in total. The molecular formula is C32H64O14. The smallest absolute Gasteiger partial charge is 0.305 e. The van der Waals surface area contributed by atoms with E-state index >= 15 is 0 Å². The van der Waals surface area contributed by atoms with Crippen LogP contribution in [0.15, 0.2) is 0 Å². The van der Waals surface area contributed by atoms with E-state index in [1.54, 1.807) is 0 Å². The summed E-state index contributed by atoms with van der Waals surface area (Å²) < 4.78 is 32.9. The van der Waals surface area contributed by atoms with E-state index in [1.165, 1.54) is 38.5 Å². The zero-order valence-corrected chi connectivity index (χ0v) is 27.9. The molecule has 0 aliphatic heterocycles. The molecule has 14 heteroatoms. The van der Waals surface area contributed by atoms with Crippen molar-refractivity contribution in [3.63, 3.8) is 0 Å². The van der Waals surface area contributed by atoms with E-state index in [9.17, 15) is 30.3 Å². The van der Waals surface area contributed by atoms with E-state index in [0.29, 0.717) is 12.8 Å². The molecule has 0 aromatic heterocycles. The van der Waals surface area contributed by atoms with Gasteiger partial charge < -0.3 is 64.2 Å². The molecule has 0 saturated heterocycles. The summed E-state index contributed by atoms with van der Waals surface area (Å²) in [6, 6.07) is 0. The monoisotopic (exact) mass is 672 g/mol. The average molecular weight is 673 g/mol. The summed E-state index contributed by atoms with van der Waals surface area (Å²) in [6.07, 6.45) is 7.44. The molecule has 0 amide bonds. The number of unbranched alkanes of at least 4 members (excludes halogenated alkanes) is 8. The van der Waals surface area contributed by atoms with Crippen LogP contribution >= 0.6 is 0 Å². The highest BCUT2D eigenvalue weighted by atomic mass is 16.6. The lowest BCUT2D eigenvalue weighted by Crippen LogP contribution is -2.37. The minimum Gasteiger partial charge on any atom is -0.466 e. The highest BCUT2D eigenvalue weighted by molar-refractivity contribution is 5.69. The summed E-state index contributed by atoms with van der Waals surface area (Å²) in [7, 11) is 0. The van der Waals surface area contributed by atoms with E-state index in [1.807, 2.05) is 0 Å². The van der Waals surface area contributed by atoms with Crippen LogP contribution in [0.5, 0.6) is 0 Å². The number of aliphatic hydroxyl groups excluding tert-OH is 7. The maximum atomic E-state index is 12.0. The Labute approximate surface area is 274 Å². The van der Waals surface area contributed by atoms with Gasteiger partial charge in [0, 0.05) is 18.9 Å². The van der Waals surface area contributed by atoms with Crippen LogP contribution in [0, 0.1) is 5.92 Å². The molecule has 5 atom stereocenters. The Bertz CT molecular complexity index is 654. The van der Waals surface area contributed by atoms with Gasteiger partial charge in [-0.25, -0.2) is 0 Å². The zero-order chi connectivity index (χ0) is 34.3. The maximum Gasteiger partial charge on any atom is 0.305 e. The van der Waals surface area contributed by atoms with Gasteiger partial charge in [-0.3, -0.25) is 4.79 Å². The fourth-order valence-electron chi connectivity index (χ4n) is 4.24. The molecule has 0 aromatic carbocycles. The Balaban J connectivity index is 4.25. The van der Waals surface area contributed by atoms with E-state index in [2.05, 4.69) is 6.92 Å². The van der Waals surface area contributed by atoms with Gasteiger partial charge in [-0.05, 0) is 12.8 Å². The third-order valence-electron chi connectivity index (χ3n) is 7.39. The molecular weight excluding hydrogens is 608 g/mol. The number of esters is 1. The van der Waals surface area contributed by atoms with E-state index in [4.69, 9.17) is 38.6 Å². The molecule has 0 spiro atoms. The second kappa shape index (κ2) is 32.5. The van der Waals surface area contributed by atoms with Crippen LogP contribution < -0.4 is 0 Å². The quantitative estimate of drug-likeness (QED) is 0.0357. The normalized spacial score (nSPS) is 15.2. The second-order valence-electron chi connectivity index (χ2n) is 11.5. The Hall–Kier alpha value is -1.01. The molecule has 0 bridgehead atoms. The van der Waals surface area contributed by atoms with E-state index < -0.39 is 50.3 Å². The van der Waals surface area contributed by atoms with Gasteiger partial charge in [0.25, 0.3) is 0 Å².